The van der Waals surface area contributed by atoms with Crippen molar-refractivity contribution >= 4 is 57.6 Å². The third kappa shape index (κ3) is 6.36. The molecule has 1 unspecified atom stereocenters. The molecule has 0 radical (unpaired) electrons. The molecule has 1 atom stereocenters. The standard InChI is InChI=1S/C15H22BrN3S.HI/c1-15(8-3-9-20-15)11-19-14(17-2)18-10-12-4-6-13(16)7-5-12;/h4-7H,3,8-11H2,1-2H3,(H2,17,18,19);1H. The molecule has 1 fully saturated rings. The molecule has 118 valence electrons. The molecular formula is C15H23BrIN3S. The fraction of sp³-hybridized carbons (Fsp3) is 0.533. The SMILES string of the molecule is CN=C(NCc1ccc(Br)cc1)NCC1(C)CCCS1.I. The molecule has 2 N–H and O–H groups in total. The zero-order valence-corrected chi connectivity index (χ0v) is 17.2. The smallest absolute Gasteiger partial charge is 0.191 e. The molecule has 2 rings (SSSR count). The molecule has 1 heterocycles. The molecule has 0 aliphatic carbocycles. The molecule has 1 aromatic carbocycles. The number of aliphatic imine (C=N–C) groups is 1. The minimum absolute atomic E-state index is 0. The molecule has 0 saturated carbocycles. The lowest BCUT2D eigenvalue weighted by Gasteiger charge is -2.24. The minimum atomic E-state index is 0. The van der Waals surface area contributed by atoms with Crippen molar-refractivity contribution in [2.24, 2.45) is 4.99 Å². The topological polar surface area (TPSA) is 36.4 Å². The summed E-state index contributed by atoms with van der Waals surface area (Å²) in [5.41, 5.74) is 1.25. The van der Waals surface area contributed by atoms with E-state index in [0.717, 1.165) is 23.5 Å². The molecule has 3 nitrogen and oxygen atoms in total. The number of rotatable bonds is 4. The minimum Gasteiger partial charge on any atom is -0.355 e. The van der Waals surface area contributed by atoms with E-state index in [9.17, 15) is 0 Å². The number of hydrogen-bond acceptors (Lipinski definition) is 2. The monoisotopic (exact) mass is 483 g/mol. The zero-order valence-electron chi connectivity index (χ0n) is 12.5. The van der Waals surface area contributed by atoms with Crippen LogP contribution in [0.2, 0.25) is 0 Å². The molecule has 6 heteroatoms. The quantitative estimate of drug-likeness (QED) is 0.385. The van der Waals surface area contributed by atoms with Crippen LogP contribution in [0.3, 0.4) is 0 Å². The van der Waals surface area contributed by atoms with Crippen LogP contribution in [0.15, 0.2) is 33.7 Å². The van der Waals surface area contributed by atoms with E-state index in [4.69, 9.17) is 0 Å². The van der Waals surface area contributed by atoms with Gasteiger partial charge in [0.15, 0.2) is 5.96 Å². The predicted octanol–water partition coefficient (Wildman–Crippen LogP) is 4.02. The highest BCUT2D eigenvalue weighted by Gasteiger charge is 2.29. The number of guanidine groups is 1. The molecule has 1 aromatic rings. The van der Waals surface area contributed by atoms with E-state index >= 15 is 0 Å². The van der Waals surface area contributed by atoms with Crippen molar-refractivity contribution in [3.8, 4) is 0 Å². The van der Waals surface area contributed by atoms with Crippen LogP contribution in [-0.2, 0) is 6.54 Å². The Bertz CT molecular complexity index is 458. The van der Waals surface area contributed by atoms with Crippen molar-refractivity contribution in [2.75, 3.05) is 19.3 Å². The van der Waals surface area contributed by atoms with Crippen LogP contribution in [0.5, 0.6) is 0 Å². The third-order valence-electron chi connectivity index (χ3n) is 3.53. The summed E-state index contributed by atoms with van der Waals surface area (Å²) in [4.78, 5) is 4.29. The first-order valence-corrected chi connectivity index (χ1v) is 8.72. The second-order valence-electron chi connectivity index (χ2n) is 5.31. The van der Waals surface area contributed by atoms with Gasteiger partial charge in [0.2, 0.25) is 0 Å². The van der Waals surface area contributed by atoms with E-state index < -0.39 is 0 Å². The Balaban J connectivity index is 0.00000220. The lowest BCUT2D eigenvalue weighted by molar-refractivity contribution is 0.584. The van der Waals surface area contributed by atoms with Gasteiger partial charge in [-0.05, 0) is 43.2 Å². The summed E-state index contributed by atoms with van der Waals surface area (Å²) >= 11 is 5.51. The summed E-state index contributed by atoms with van der Waals surface area (Å²) in [5, 5.41) is 6.80. The Morgan fingerprint density at radius 3 is 2.62 bits per heavy atom. The third-order valence-corrected chi connectivity index (χ3v) is 5.59. The van der Waals surface area contributed by atoms with E-state index in [1.807, 2.05) is 7.05 Å². The highest BCUT2D eigenvalue weighted by Crippen LogP contribution is 2.36. The van der Waals surface area contributed by atoms with Crippen LogP contribution in [0.1, 0.15) is 25.3 Å². The van der Waals surface area contributed by atoms with E-state index in [2.05, 4.69) is 74.5 Å². The molecule has 1 aliphatic rings. The van der Waals surface area contributed by atoms with Crippen molar-refractivity contribution in [3.63, 3.8) is 0 Å². The molecule has 0 bridgehead atoms. The van der Waals surface area contributed by atoms with Gasteiger partial charge in [0.25, 0.3) is 0 Å². The van der Waals surface area contributed by atoms with Gasteiger partial charge >= 0.3 is 0 Å². The van der Waals surface area contributed by atoms with Crippen LogP contribution in [0.25, 0.3) is 0 Å². The maximum Gasteiger partial charge on any atom is 0.191 e. The van der Waals surface area contributed by atoms with E-state index in [-0.39, 0.29) is 24.0 Å². The maximum absolute atomic E-state index is 4.29. The van der Waals surface area contributed by atoms with Gasteiger partial charge < -0.3 is 10.6 Å². The molecule has 21 heavy (non-hydrogen) atoms. The second kappa shape index (κ2) is 9.25. The van der Waals surface area contributed by atoms with Gasteiger partial charge in [-0.25, -0.2) is 0 Å². The first kappa shape index (κ1) is 19.1. The van der Waals surface area contributed by atoms with Crippen molar-refractivity contribution in [3.05, 3.63) is 34.3 Å². The normalized spacial score (nSPS) is 21.8. The van der Waals surface area contributed by atoms with Crippen LogP contribution in [0.4, 0.5) is 0 Å². The second-order valence-corrected chi connectivity index (χ2v) is 7.91. The number of hydrogen-bond donors (Lipinski definition) is 2. The maximum atomic E-state index is 4.29. The van der Waals surface area contributed by atoms with Gasteiger partial charge in [-0.15, -0.1) is 24.0 Å². The Morgan fingerprint density at radius 1 is 1.33 bits per heavy atom. The Kier molecular flexibility index (Phi) is 8.41. The number of nitrogens with one attached hydrogen (secondary N) is 2. The van der Waals surface area contributed by atoms with Gasteiger partial charge in [-0.1, -0.05) is 28.1 Å². The molecule has 0 aromatic heterocycles. The number of nitrogens with zero attached hydrogens (tertiary/aromatic N) is 1. The fourth-order valence-electron chi connectivity index (χ4n) is 2.26. The lowest BCUT2D eigenvalue weighted by atomic mass is 10.1. The van der Waals surface area contributed by atoms with Crippen LogP contribution in [-0.4, -0.2) is 30.1 Å². The molecule has 1 aliphatic heterocycles. The van der Waals surface area contributed by atoms with Crippen molar-refractivity contribution < 1.29 is 0 Å². The summed E-state index contributed by atoms with van der Waals surface area (Å²) in [6.45, 7) is 4.09. The zero-order chi connectivity index (χ0) is 14.4. The first-order chi connectivity index (χ1) is 9.61. The summed E-state index contributed by atoms with van der Waals surface area (Å²) < 4.78 is 1.46. The summed E-state index contributed by atoms with van der Waals surface area (Å²) in [5.74, 6) is 2.16. The summed E-state index contributed by atoms with van der Waals surface area (Å²) in [6.07, 6.45) is 2.61. The fourth-order valence-corrected chi connectivity index (χ4v) is 3.76. The van der Waals surface area contributed by atoms with Gasteiger partial charge in [0.1, 0.15) is 0 Å². The van der Waals surface area contributed by atoms with Gasteiger partial charge in [-0.2, -0.15) is 11.8 Å². The highest BCUT2D eigenvalue weighted by atomic mass is 127. The molecule has 0 amide bonds. The van der Waals surface area contributed by atoms with Crippen LogP contribution < -0.4 is 10.6 Å². The number of halogens is 2. The Hall–Kier alpha value is 0.0500. The van der Waals surface area contributed by atoms with E-state index in [0.29, 0.717) is 4.75 Å². The van der Waals surface area contributed by atoms with E-state index in [1.165, 1.54) is 24.2 Å². The average Bonchev–Trinajstić information content (AvgIpc) is 2.88. The number of benzene rings is 1. The average molecular weight is 484 g/mol. The summed E-state index contributed by atoms with van der Waals surface area (Å²) in [7, 11) is 1.82. The van der Waals surface area contributed by atoms with E-state index in [1.54, 1.807) is 0 Å². The van der Waals surface area contributed by atoms with Crippen molar-refractivity contribution in [1.82, 2.24) is 10.6 Å². The van der Waals surface area contributed by atoms with Gasteiger partial charge in [0.05, 0.1) is 0 Å². The van der Waals surface area contributed by atoms with Crippen molar-refractivity contribution in [2.45, 2.75) is 31.1 Å². The van der Waals surface area contributed by atoms with Crippen LogP contribution in [0, 0.1) is 0 Å². The predicted molar refractivity (Wildman–Crippen MR) is 108 cm³/mol. The first-order valence-electron chi connectivity index (χ1n) is 6.94. The van der Waals surface area contributed by atoms with Crippen molar-refractivity contribution in [1.29, 1.82) is 0 Å². The van der Waals surface area contributed by atoms with Crippen LogP contribution >= 0.6 is 51.7 Å². The van der Waals surface area contributed by atoms with Gasteiger partial charge in [-0.3, -0.25) is 4.99 Å². The highest BCUT2D eigenvalue weighted by molar-refractivity contribution is 14.0. The largest absolute Gasteiger partial charge is 0.355 e. The molecular weight excluding hydrogens is 461 g/mol. The Labute approximate surface area is 157 Å². The molecule has 1 saturated heterocycles. The number of thioether (sulfide) groups is 1. The Morgan fingerprint density at radius 2 is 2.05 bits per heavy atom. The molecule has 0 spiro atoms. The lowest BCUT2D eigenvalue weighted by Crippen LogP contribution is -2.43. The summed E-state index contributed by atoms with van der Waals surface area (Å²) in [6, 6.07) is 8.34. The van der Waals surface area contributed by atoms with Gasteiger partial charge in [0, 0.05) is 29.4 Å².